The number of carbonyl (C=O) groups is 2. The Labute approximate surface area is 197 Å². The Morgan fingerprint density at radius 3 is 2.82 bits per heavy atom. The minimum atomic E-state index is -0.849. The van der Waals surface area contributed by atoms with Crippen molar-refractivity contribution < 1.29 is 28.6 Å². The number of aliphatic hydroxyl groups excluding tert-OH is 1. The molecule has 2 aromatic carbocycles. The minimum absolute atomic E-state index is 0.0117. The van der Waals surface area contributed by atoms with Crippen molar-refractivity contribution >= 4 is 17.4 Å². The first-order chi connectivity index (χ1) is 16.6. The smallest absolute Gasteiger partial charge is 0.296 e. The number of likely N-dealkylation sites (tertiary alicyclic amines) is 1. The molecule has 0 radical (unpaired) electrons. The molecule has 1 aromatic heterocycles. The molecule has 1 atom stereocenters. The van der Waals surface area contributed by atoms with Crippen molar-refractivity contribution in [2.75, 3.05) is 13.2 Å². The Balaban J connectivity index is 1.56. The lowest BCUT2D eigenvalue weighted by Crippen LogP contribution is -2.29. The molecule has 5 rings (SSSR count). The van der Waals surface area contributed by atoms with Crippen LogP contribution in [0.1, 0.15) is 41.8 Å². The van der Waals surface area contributed by atoms with Crippen LogP contribution in [-0.4, -0.2) is 34.9 Å². The van der Waals surface area contributed by atoms with E-state index in [1.165, 1.54) is 11.2 Å². The first-order valence-electron chi connectivity index (χ1n) is 11.4. The van der Waals surface area contributed by atoms with Gasteiger partial charge in [0.15, 0.2) is 0 Å². The number of aliphatic hydroxyl groups is 1. The highest BCUT2D eigenvalue weighted by Gasteiger charge is 2.47. The van der Waals surface area contributed by atoms with E-state index in [4.69, 9.17) is 13.9 Å². The molecule has 0 spiro atoms. The fraction of sp³-hybridized carbons (Fsp3) is 0.259. The first kappa shape index (κ1) is 21.8. The van der Waals surface area contributed by atoms with Crippen LogP contribution in [-0.2, 0) is 22.6 Å². The molecule has 2 aliphatic heterocycles. The van der Waals surface area contributed by atoms with Crippen molar-refractivity contribution in [3.8, 4) is 11.5 Å². The van der Waals surface area contributed by atoms with Gasteiger partial charge in [-0.05, 0) is 73.4 Å². The highest BCUT2D eigenvalue weighted by atomic mass is 16.5. The Morgan fingerprint density at radius 1 is 1.15 bits per heavy atom. The molecule has 7 nitrogen and oxygen atoms in total. The van der Waals surface area contributed by atoms with Gasteiger partial charge in [-0.1, -0.05) is 12.1 Å². The number of aryl methyl sites for hydroxylation is 1. The van der Waals surface area contributed by atoms with Crippen LogP contribution in [0.15, 0.2) is 70.9 Å². The average molecular weight is 459 g/mol. The number of amides is 1. The van der Waals surface area contributed by atoms with Crippen LogP contribution in [0, 0.1) is 0 Å². The molecule has 34 heavy (non-hydrogen) atoms. The number of furan rings is 1. The van der Waals surface area contributed by atoms with Gasteiger partial charge in [0, 0.05) is 12.1 Å². The monoisotopic (exact) mass is 459 g/mol. The topological polar surface area (TPSA) is 89.2 Å². The van der Waals surface area contributed by atoms with Crippen LogP contribution in [0.3, 0.4) is 0 Å². The number of ketones is 1. The van der Waals surface area contributed by atoms with Gasteiger partial charge < -0.3 is 23.9 Å². The number of rotatable bonds is 6. The summed E-state index contributed by atoms with van der Waals surface area (Å²) < 4.78 is 16.8. The third-order valence-electron chi connectivity index (χ3n) is 6.10. The molecule has 3 aromatic rings. The van der Waals surface area contributed by atoms with Crippen LogP contribution in [0.25, 0.3) is 5.76 Å². The zero-order valence-electron chi connectivity index (χ0n) is 18.8. The quantitative estimate of drug-likeness (QED) is 0.329. The third-order valence-corrected chi connectivity index (χ3v) is 6.10. The molecule has 1 N–H and O–H groups in total. The van der Waals surface area contributed by atoms with Gasteiger partial charge in [-0.15, -0.1) is 0 Å². The SMILES string of the molecule is CCOc1cccc(CN2C(=O)C(=O)/C(=C(\O)c3ccc4c(c3)CCCO4)C2c2ccco2)c1. The van der Waals surface area contributed by atoms with Gasteiger partial charge in [0.1, 0.15) is 29.1 Å². The van der Waals surface area contributed by atoms with E-state index in [1.54, 1.807) is 24.3 Å². The molecule has 0 bridgehead atoms. The van der Waals surface area contributed by atoms with E-state index in [9.17, 15) is 14.7 Å². The second-order valence-corrected chi connectivity index (χ2v) is 8.30. The molecule has 1 amide bonds. The lowest BCUT2D eigenvalue weighted by molar-refractivity contribution is -0.140. The normalized spacial score (nSPS) is 19.1. The molecule has 7 heteroatoms. The molecule has 1 fully saturated rings. The van der Waals surface area contributed by atoms with E-state index in [1.807, 2.05) is 37.3 Å². The van der Waals surface area contributed by atoms with E-state index >= 15 is 0 Å². The summed E-state index contributed by atoms with van der Waals surface area (Å²) in [5.41, 5.74) is 2.25. The summed E-state index contributed by atoms with van der Waals surface area (Å²) in [6.07, 6.45) is 3.19. The molecule has 0 aliphatic carbocycles. The largest absolute Gasteiger partial charge is 0.507 e. The first-order valence-corrected chi connectivity index (χ1v) is 11.4. The Kier molecular flexibility index (Phi) is 5.84. The Bertz CT molecular complexity index is 1260. The summed E-state index contributed by atoms with van der Waals surface area (Å²) in [4.78, 5) is 27.8. The van der Waals surface area contributed by atoms with Crippen LogP contribution in [0.4, 0.5) is 0 Å². The van der Waals surface area contributed by atoms with Gasteiger partial charge in [0.2, 0.25) is 0 Å². The molecule has 1 unspecified atom stereocenters. The average Bonchev–Trinajstić information content (AvgIpc) is 3.47. The predicted octanol–water partition coefficient (Wildman–Crippen LogP) is 4.63. The van der Waals surface area contributed by atoms with Crippen molar-refractivity contribution in [2.24, 2.45) is 0 Å². The molecular formula is C27H25NO6. The molecule has 174 valence electrons. The maximum atomic E-state index is 13.2. The highest BCUT2D eigenvalue weighted by Crippen LogP contribution is 2.41. The summed E-state index contributed by atoms with van der Waals surface area (Å²) in [6.45, 7) is 3.24. The number of hydrogen-bond acceptors (Lipinski definition) is 6. The van der Waals surface area contributed by atoms with Crippen LogP contribution in [0.2, 0.25) is 0 Å². The van der Waals surface area contributed by atoms with E-state index in [-0.39, 0.29) is 17.9 Å². The number of ether oxygens (including phenoxy) is 2. The fourth-order valence-electron chi connectivity index (χ4n) is 4.55. The lowest BCUT2D eigenvalue weighted by atomic mass is 9.96. The molecule has 3 heterocycles. The van der Waals surface area contributed by atoms with Gasteiger partial charge >= 0.3 is 0 Å². The maximum absolute atomic E-state index is 13.2. The van der Waals surface area contributed by atoms with Gasteiger partial charge in [-0.2, -0.15) is 0 Å². The summed E-state index contributed by atoms with van der Waals surface area (Å²) in [7, 11) is 0. The van der Waals surface area contributed by atoms with E-state index in [2.05, 4.69) is 0 Å². The second-order valence-electron chi connectivity index (χ2n) is 8.30. The summed E-state index contributed by atoms with van der Waals surface area (Å²) in [5, 5.41) is 11.3. The number of Topliss-reactive ketones (excluding diaryl/α,β-unsaturated/α-hetero) is 1. The van der Waals surface area contributed by atoms with E-state index in [0.29, 0.717) is 30.3 Å². The van der Waals surface area contributed by atoms with Crippen molar-refractivity contribution in [3.05, 3.63) is 88.9 Å². The van der Waals surface area contributed by atoms with Gasteiger partial charge in [0.05, 0.1) is 25.1 Å². The third kappa shape index (κ3) is 3.94. The highest BCUT2D eigenvalue weighted by molar-refractivity contribution is 6.46. The molecular weight excluding hydrogens is 434 g/mol. The van der Waals surface area contributed by atoms with Crippen LogP contribution in [0.5, 0.6) is 11.5 Å². The zero-order chi connectivity index (χ0) is 23.7. The summed E-state index contributed by atoms with van der Waals surface area (Å²) in [5.74, 6) is 0.212. The van der Waals surface area contributed by atoms with Crippen molar-refractivity contribution in [3.63, 3.8) is 0 Å². The number of nitrogens with zero attached hydrogens (tertiary/aromatic N) is 1. The van der Waals surface area contributed by atoms with Crippen LogP contribution >= 0.6 is 0 Å². The summed E-state index contributed by atoms with van der Waals surface area (Å²) >= 11 is 0. The van der Waals surface area contributed by atoms with E-state index in [0.717, 1.165) is 29.7 Å². The lowest BCUT2D eigenvalue weighted by Gasteiger charge is -2.24. The van der Waals surface area contributed by atoms with Gasteiger partial charge in [-0.25, -0.2) is 0 Å². The van der Waals surface area contributed by atoms with Gasteiger partial charge in [0.25, 0.3) is 11.7 Å². The minimum Gasteiger partial charge on any atom is -0.507 e. The summed E-state index contributed by atoms with van der Waals surface area (Å²) in [6, 6.07) is 15.3. The number of fused-ring (bicyclic) bond motifs is 1. The van der Waals surface area contributed by atoms with Crippen molar-refractivity contribution in [1.29, 1.82) is 0 Å². The van der Waals surface area contributed by atoms with E-state index < -0.39 is 17.7 Å². The number of benzene rings is 2. The fourth-order valence-corrected chi connectivity index (χ4v) is 4.55. The predicted molar refractivity (Wildman–Crippen MR) is 124 cm³/mol. The van der Waals surface area contributed by atoms with Crippen LogP contribution < -0.4 is 9.47 Å². The molecule has 2 aliphatic rings. The van der Waals surface area contributed by atoms with Gasteiger partial charge in [-0.3, -0.25) is 9.59 Å². The standard InChI is InChI=1S/C27H25NO6/c1-2-32-20-8-3-6-17(14-20)16-28-24(22-9-5-13-34-22)23(26(30)27(28)31)25(29)19-10-11-21-18(15-19)7-4-12-33-21/h3,5-6,8-11,13-15,24,29H,2,4,7,12,16H2,1H3/b25-23-. The maximum Gasteiger partial charge on any atom is 0.296 e. The molecule has 1 saturated heterocycles. The molecule has 0 saturated carbocycles. The Hall–Kier alpha value is -4.00. The zero-order valence-corrected chi connectivity index (χ0v) is 18.8. The van der Waals surface area contributed by atoms with Crippen molar-refractivity contribution in [1.82, 2.24) is 4.90 Å². The number of carbonyl (C=O) groups excluding carboxylic acids is 2. The second kappa shape index (κ2) is 9.09. The van der Waals surface area contributed by atoms with Crippen molar-refractivity contribution in [2.45, 2.75) is 32.4 Å². The Morgan fingerprint density at radius 2 is 2.03 bits per heavy atom. The number of hydrogen-bond donors (Lipinski definition) is 1.